The zero-order valence-corrected chi connectivity index (χ0v) is 17.8. The third-order valence-corrected chi connectivity index (χ3v) is 4.62. The lowest BCUT2D eigenvalue weighted by atomic mass is 10.1. The molecule has 0 unspecified atom stereocenters. The summed E-state index contributed by atoms with van der Waals surface area (Å²) in [6.07, 6.45) is 1.47. The van der Waals surface area contributed by atoms with Gasteiger partial charge in [0, 0.05) is 24.7 Å². The summed E-state index contributed by atoms with van der Waals surface area (Å²) in [5, 5.41) is 2.73. The minimum absolute atomic E-state index is 0.150. The Balaban J connectivity index is 1.51. The maximum absolute atomic E-state index is 12.4. The van der Waals surface area contributed by atoms with Gasteiger partial charge in [0.05, 0.1) is 26.2 Å². The van der Waals surface area contributed by atoms with E-state index < -0.39 is 0 Å². The standard InChI is InChI=1S/C23H25N3O5/c1-16-4-9-20(21(12-16)30-3)31-14-22(27)24-10-11-26-15-25-19(13-23(26)28)17-5-7-18(29-2)8-6-17/h4-9,12-13,15H,10-11,14H2,1-3H3,(H,24,27). The third kappa shape index (κ3) is 5.85. The number of nitrogens with zero attached hydrogens (tertiary/aromatic N) is 2. The lowest BCUT2D eigenvalue weighted by Gasteiger charge is -2.12. The van der Waals surface area contributed by atoms with E-state index in [1.54, 1.807) is 20.3 Å². The van der Waals surface area contributed by atoms with Gasteiger partial charge in [-0.05, 0) is 48.9 Å². The number of carbonyl (C=O) groups is 1. The molecule has 1 aromatic heterocycles. The average molecular weight is 423 g/mol. The van der Waals surface area contributed by atoms with Gasteiger partial charge in [-0.3, -0.25) is 14.2 Å². The van der Waals surface area contributed by atoms with Gasteiger partial charge in [0.25, 0.3) is 11.5 Å². The molecule has 2 aromatic carbocycles. The number of carbonyl (C=O) groups excluding carboxylic acids is 1. The first-order valence-electron chi connectivity index (χ1n) is 9.75. The highest BCUT2D eigenvalue weighted by Crippen LogP contribution is 2.27. The molecule has 8 nitrogen and oxygen atoms in total. The summed E-state index contributed by atoms with van der Waals surface area (Å²) in [6, 6.07) is 14.3. The summed E-state index contributed by atoms with van der Waals surface area (Å²) < 4.78 is 17.4. The van der Waals surface area contributed by atoms with Crippen molar-refractivity contribution in [3.63, 3.8) is 0 Å². The van der Waals surface area contributed by atoms with E-state index in [4.69, 9.17) is 14.2 Å². The monoisotopic (exact) mass is 423 g/mol. The van der Waals surface area contributed by atoms with Crippen molar-refractivity contribution in [1.29, 1.82) is 0 Å². The lowest BCUT2D eigenvalue weighted by Crippen LogP contribution is -2.33. The second-order valence-corrected chi connectivity index (χ2v) is 6.83. The molecule has 0 bridgehead atoms. The van der Waals surface area contributed by atoms with E-state index in [2.05, 4.69) is 10.3 Å². The van der Waals surface area contributed by atoms with E-state index in [1.165, 1.54) is 17.0 Å². The quantitative estimate of drug-likeness (QED) is 0.568. The van der Waals surface area contributed by atoms with Crippen molar-refractivity contribution < 1.29 is 19.0 Å². The predicted octanol–water partition coefficient (Wildman–Crippen LogP) is 2.43. The summed E-state index contributed by atoms with van der Waals surface area (Å²) in [6.45, 7) is 2.37. The lowest BCUT2D eigenvalue weighted by molar-refractivity contribution is -0.123. The van der Waals surface area contributed by atoms with Crippen molar-refractivity contribution in [2.75, 3.05) is 27.4 Å². The molecule has 0 aliphatic carbocycles. The van der Waals surface area contributed by atoms with Crippen molar-refractivity contribution >= 4 is 5.91 Å². The van der Waals surface area contributed by atoms with Crippen molar-refractivity contribution in [2.24, 2.45) is 0 Å². The fraction of sp³-hybridized carbons (Fsp3) is 0.261. The van der Waals surface area contributed by atoms with E-state index in [-0.39, 0.29) is 24.6 Å². The van der Waals surface area contributed by atoms with Gasteiger partial charge in [0.2, 0.25) is 0 Å². The maximum Gasteiger partial charge on any atom is 0.258 e. The smallest absolute Gasteiger partial charge is 0.258 e. The van der Waals surface area contributed by atoms with Crippen molar-refractivity contribution in [3.05, 3.63) is 70.8 Å². The first-order chi connectivity index (χ1) is 15.0. The fourth-order valence-corrected chi connectivity index (χ4v) is 2.92. The molecule has 1 heterocycles. The molecular formula is C23H25N3O5. The van der Waals surface area contributed by atoms with Crippen LogP contribution in [0.2, 0.25) is 0 Å². The van der Waals surface area contributed by atoms with Crippen LogP contribution in [0.15, 0.2) is 59.7 Å². The van der Waals surface area contributed by atoms with Gasteiger partial charge in [0.15, 0.2) is 18.1 Å². The van der Waals surface area contributed by atoms with Gasteiger partial charge in [-0.2, -0.15) is 0 Å². The van der Waals surface area contributed by atoms with Crippen molar-refractivity contribution in [2.45, 2.75) is 13.5 Å². The second kappa shape index (κ2) is 10.3. The third-order valence-electron chi connectivity index (χ3n) is 4.62. The Hall–Kier alpha value is -3.81. The van der Waals surface area contributed by atoms with Crippen LogP contribution in [0.5, 0.6) is 17.2 Å². The molecule has 3 rings (SSSR count). The highest BCUT2D eigenvalue weighted by Gasteiger charge is 2.08. The van der Waals surface area contributed by atoms with Gasteiger partial charge < -0.3 is 19.5 Å². The highest BCUT2D eigenvalue weighted by atomic mass is 16.5. The number of hydrogen-bond acceptors (Lipinski definition) is 6. The second-order valence-electron chi connectivity index (χ2n) is 6.83. The van der Waals surface area contributed by atoms with Gasteiger partial charge >= 0.3 is 0 Å². The Kier molecular flexibility index (Phi) is 7.26. The Morgan fingerprint density at radius 1 is 1.03 bits per heavy atom. The molecule has 3 aromatic rings. The molecule has 1 N–H and O–H groups in total. The Labute approximate surface area is 180 Å². The number of aryl methyl sites for hydroxylation is 1. The van der Waals surface area contributed by atoms with Crippen molar-refractivity contribution in [3.8, 4) is 28.5 Å². The zero-order valence-electron chi connectivity index (χ0n) is 17.8. The number of nitrogens with one attached hydrogen (secondary N) is 1. The molecule has 0 saturated carbocycles. The van der Waals surface area contributed by atoms with Crippen LogP contribution >= 0.6 is 0 Å². The minimum atomic E-state index is -0.293. The highest BCUT2D eigenvalue weighted by molar-refractivity contribution is 5.77. The Morgan fingerprint density at radius 2 is 1.81 bits per heavy atom. The van der Waals surface area contributed by atoms with Gasteiger partial charge in [-0.1, -0.05) is 6.07 Å². The molecule has 31 heavy (non-hydrogen) atoms. The number of hydrogen-bond donors (Lipinski definition) is 1. The molecule has 1 amide bonds. The van der Waals surface area contributed by atoms with Crippen LogP contribution in [0.3, 0.4) is 0 Å². The first-order valence-corrected chi connectivity index (χ1v) is 9.75. The SMILES string of the molecule is COc1ccc(-c2cc(=O)n(CCNC(=O)COc3ccc(C)cc3OC)cn2)cc1. The molecule has 8 heteroatoms. The molecule has 162 valence electrons. The summed E-state index contributed by atoms with van der Waals surface area (Å²) in [5.74, 6) is 1.51. The summed E-state index contributed by atoms with van der Waals surface area (Å²) in [4.78, 5) is 28.8. The molecule has 0 radical (unpaired) electrons. The van der Waals surface area contributed by atoms with E-state index >= 15 is 0 Å². The predicted molar refractivity (Wildman–Crippen MR) is 117 cm³/mol. The number of methoxy groups -OCH3 is 2. The van der Waals surface area contributed by atoms with E-state index in [0.29, 0.717) is 23.7 Å². The molecule has 0 saturated heterocycles. The zero-order chi connectivity index (χ0) is 22.2. The van der Waals surface area contributed by atoms with Crippen LogP contribution in [-0.2, 0) is 11.3 Å². The molecule has 0 spiro atoms. The normalized spacial score (nSPS) is 10.4. The van der Waals surface area contributed by atoms with Crippen LogP contribution in [0.1, 0.15) is 5.56 Å². The van der Waals surface area contributed by atoms with Crippen LogP contribution in [0, 0.1) is 6.92 Å². The number of rotatable bonds is 9. The Bertz CT molecular complexity index is 1090. The fourth-order valence-electron chi connectivity index (χ4n) is 2.92. The van der Waals surface area contributed by atoms with Crippen LogP contribution < -0.4 is 25.1 Å². The minimum Gasteiger partial charge on any atom is -0.497 e. The van der Waals surface area contributed by atoms with Gasteiger partial charge in [0.1, 0.15) is 5.75 Å². The first kappa shape index (κ1) is 21.9. The average Bonchev–Trinajstić information content (AvgIpc) is 2.79. The number of ether oxygens (including phenoxy) is 3. The molecular weight excluding hydrogens is 398 g/mol. The maximum atomic E-state index is 12.4. The van der Waals surface area contributed by atoms with Gasteiger partial charge in [-0.15, -0.1) is 0 Å². The number of benzene rings is 2. The molecule has 0 atom stereocenters. The number of amides is 1. The van der Waals surface area contributed by atoms with E-state index in [0.717, 1.165) is 16.9 Å². The van der Waals surface area contributed by atoms with E-state index in [1.807, 2.05) is 43.3 Å². The van der Waals surface area contributed by atoms with Crippen molar-refractivity contribution in [1.82, 2.24) is 14.9 Å². The Morgan fingerprint density at radius 3 is 2.48 bits per heavy atom. The summed E-state index contributed by atoms with van der Waals surface area (Å²) in [5.41, 5.74) is 2.23. The molecule has 0 aliphatic rings. The van der Waals surface area contributed by atoms with Gasteiger partial charge in [-0.25, -0.2) is 4.98 Å². The molecule has 0 aliphatic heterocycles. The summed E-state index contributed by atoms with van der Waals surface area (Å²) >= 11 is 0. The van der Waals surface area contributed by atoms with E-state index in [9.17, 15) is 9.59 Å². The van der Waals surface area contributed by atoms with Crippen LogP contribution in [-0.4, -0.2) is 42.8 Å². The topological polar surface area (TPSA) is 91.7 Å². The molecule has 0 fully saturated rings. The largest absolute Gasteiger partial charge is 0.497 e. The van der Waals surface area contributed by atoms with Crippen LogP contribution in [0.4, 0.5) is 0 Å². The number of aromatic nitrogens is 2. The van der Waals surface area contributed by atoms with Crippen LogP contribution in [0.25, 0.3) is 11.3 Å². The summed E-state index contributed by atoms with van der Waals surface area (Å²) in [7, 11) is 3.14.